The van der Waals surface area contributed by atoms with Gasteiger partial charge in [0.1, 0.15) is 16.3 Å². The Bertz CT molecular complexity index is 1090. The van der Waals surface area contributed by atoms with Gasteiger partial charge in [-0.15, -0.1) is 11.3 Å². The molecular formula is C21H23N3O4S. The minimum atomic E-state index is -0.463. The Balaban J connectivity index is 1.87. The fourth-order valence-electron chi connectivity index (χ4n) is 3.09. The van der Waals surface area contributed by atoms with E-state index in [0.29, 0.717) is 33.7 Å². The summed E-state index contributed by atoms with van der Waals surface area (Å²) in [6.07, 6.45) is 1.36. The zero-order chi connectivity index (χ0) is 21.0. The number of hydrogen-bond donors (Lipinski definition) is 0. The predicted molar refractivity (Wildman–Crippen MR) is 112 cm³/mol. The Kier molecular flexibility index (Phi) is 6.43. The Hall–Kier alpha value is -3.00. The van der Waals surface area contributed by atoms with E-state index in [-0.39, 0.29) is 24.6 Å². The number of hydrogen-bond acceptors (Lipinski definition) is 6. The average Bonchev–Trinajstić information content (AvgIpc) is 3.06. The molecule has 3 rings (SSSR count). The molecule has 0 radical (unpaired) electrons. The number of carbonyl (C=O) groups excluding carboxylic acids is 2. The summed E-state index contributed by atoms with van der Waals surface area (Å²) in [4.78, 5) is 44.7. The number of nitrogens with zero attached hydrogens (tertiary/aromatic N) is 3. The van der Waals surface area contributed by atoms with Crippen molar-refractivity contribution in [3.63, 3.8) is 0 Å². The topological polar surface area (TPSA) is 81.5 Å². The lowest BCUT2D eigenvalue weighted by atomic mass is 10.2. The molecule has 0 bridgehead atoms. The molecule has 0 aliphatic rings. The Morgan fingerprint density at radius 3 is 2.59 bits per heavy atom. The molecule has 0 N–H and O–H groups in total. The van der Waals surface area contributed by atoms with E-state index in [2.05, 4.69) is 4.98 Å². The maximum absolute atomic E-state index is 13.0. The molecule has 3 aromatic rings. The van der Waals surface area contributed by atoms with Crippen LogP contribution in [0, 0.1) is 6.92 Å². The van der Waals surface area contributed by atoms with Crippen LogP contribution in [0.2, 0.25) is 0 Å². The Morgan fingerprint density at radius 2 is 1.93 bits per heavy atom. The molecule has 0 unspecified atom stereocenters. The monoisotopic (exact) mass is 413 g/mol. The van der Waals surface area contributed by atoms with Gasteiger partial charge in [0.05, 0.1) is 18.3 Å². The summed E-state index contributed by atoms with van der Waals surface area (Å²) in [5.74, 6) is -0.631. The smallest absolute Gasteiger partial charge is 0.348 e. The number of rotatable bonds is 7. The van der Waals surface area contributed by atoms with Crippen LogP contribution in [0.3, 0.4) is 0 Å². The van der Waals surface area contributed by atoms with Crippen LogP contribution in [0.4, 0.5) is 0 Å². The van der Waals surface area contributed by atoms with Gasteiger partial charge in [-0.05, 0) is 31.9 Å². The number of esters is 1. The summed E-state index contributed by atoms with van der Waals surface area (Å²) in [5.41, 5.74) is 1.24. The number of amides is 1. The third kappa shape index (κ3) is 4.37. The quantitative estimate of drug-likeness (QED) is 0.556. The average molecular weight is 413 g/mol. The van der Waals surface area contributed by atoms with Crippen LogP contribution in [0.25, 0.3) is 10.2 Å². The highest BCUT2D eigenvalue weighted by Crippen LogP contribution is 2.27. The number of thiophene rings is 1. The van der Waals surface area contributed by atoms with E-state index in [0.717, 1.165) is 16.9 Å². The van der Waals surface area contributed by atoms with E-state index in [1.165, 1.54) is 10.9 Å². The van der Waals surface area contributed by atoms with Crippen molar-refractivity contribution >= 4 is 33.4 Å². The minimum absolute atomic E-state index is 0.105. The zero-order valence-corrected chi connectivity index (χ0v) is 17.5. The number of carbonyl (C=O) groups is 2. The summed E-state index contributed by atoms with van der Waals surface area (Å²) in [6, 6.07) is 9.70. The Labute approximate surface area is 172 Å². The van der Waals surface area contributed by atoms with E-state index in [9.17, 15) is 14.4 Å². The van der Waals surface area contributed by atoms with E-state index >= 15 is 0 Å². The van der Waals surface area contributed by atoms with E-state index in [1.54, 1.807) is 18.7 Å². The lowest BCUT2D eigenvalue weighted by Gasteiger charge is -2.21. The fraction of sp³-hybridized carbons (Fsp3) is 0.333. The van der Waals surface area contributed by atoms with Gasteiger partial charge in [-0.2, -0.15) is 0 Å². The minimum Gasteiger partial charge on any atom is -0.462 e. The van der Waals surface area contributed by atoms with Crippen LogP contribution in [0.5, 0.6) is 0 Å². The van der Waals surface area contributed by atoms with Crippen LogP contribution < -0.4 is 5.56 Å². The van der Waals surface area contributed by atoms with Gasteiger partial charge in [-0.1, -0.05) is 30.3 Å². The molecule has 152 valence electrons. The highest BCUT2D eigenvalue weighted by atomic mass is 32.1. The first-order valence-electron chi connectivity index (χ1n) is 9.43. The van der Waals surface area contributed by atoms with Gasteiger partial charge in [0.25, 0.3) is 5.56 Å². The molecule has 8 heteroatoms. The van der Waals surface area contributed by atoms with Crippen LogP contribution in [-0.2, 0) is 22.6 Å². The first kappa shape index (κ1) is 20.7. The molecule has 0 aliphatic heterocycles. The molecule has 0 aliphatic carbocycles. The first-order valence-corrected chi connectivity index (χ1v) is 10.2. The maximum atomic E-state index is 13.0. The van der Waals surface area contributed by atoms with Crippen molar-refractivity contribution in [1.82, 2.24) is 14.5 Å². The van der Waals surface area contributed by atoms with Crippen LogP contribution in [0.15, 0.2) is 41.5 Å². The number of aromatic nitrogens is 2. The summed E-state index contributed by atoms with van der Waals surface area (Å²) in [5, 5.41) is 0.361. The molecule has 0 saturated carbocycles. The van der Waals surface area contributed by atoms with Crippen molar-refractivity contribution < 1.29 is 14.3 Å². The second kappa shape index (κ2) is 9.00. The van der Waals surface area contributed by atoms with Gasteiger partial charge in [-0.25, -0.2) is 9.78 Å². The number of likely N-dealkylation sites (N-methyl/N-ethyl adjacent to an activating group) is 1. The highest BCUT2D eigenvalue weighted by Gasteiger charge is 2.21. The molecule has 0 spiro atoms. The van der Waals surface area contributed by atoms with Gasteiger partial charge in [0.2, 0.25) is 5.91 Å². The van der Waals surface area contributed by atoms with Crippen molar-refractivity contribution in [2.24, 2.45) is 0 Å². The van der Waals surface area contributed by atoms with Gasteiger partial charge in [0.15, 0.2) is 0 Å². The van der Waals surface area contributed by atoms with Crippen molar-refractivity contribution in [3.8, 4) is 0 Å². The largest absolute Gasteiger partial charge is 0.462 e. The third-order valence-electron chi connectivity index (χ3n) is 4.63. The van der Waals surface area contributed by atoms with Crippen molar-refractivity contribution in [1.29, 1.82) is 0 Å². The van der Waals surface area contributed by atoms with Crippen molar-refractivity contribution in [2.75, 3.05) is 13.2 Å². The second-order valence-corrected chi connectivity index (χ2v) is 7.53. The molecule has 2 heterocycles. The highest BCUT2D eigenvalue weighted by molar-refractivity contribution is 7.20. The number of benzene rings is 1. The van der Waals surface area contributed by atoms with Crippen molar-refractivity contribution in [3.05, 3.63) is 63.0 Å². The molecule has 29 heavy (non-hydrogen) atoms. The van der Waals surface area contributed by atoms with Crippen molar-refractivity contribution in [2.45, 2.75) is 33.9 Å². The van der Waals surface area contributed by atoms with Gasteiger partial charge in [0, 0.05) is 13.1 Å². The first-order chi connectivity index (χ1) is 14.0. The lowest BCUT2D eigenvalue weighted by molar-refractivity contribution is -0.132. The molecule has 0 atom stereocenters. The SMILES string of the molecule is CCOC(=O)c1sc2ncn(CC(=O)N(CC)Cc3ccccc3)c(=O)c2c1C. The molecule has 2 aromatic heterocycles. The lowest BCUT2D eigenvalue weighted by Crippen LogP contribution is -2.36. The zero-order valence-electron chi connectivity index (χ0n) is 16.7. The van der Waals surface area contributed by atoms with E-state index in [1.807, 2.05) is 37.3 Å². The Morgan fingerprint density at radius 1 is 1.21 bits per heavy atom. The van der Waals surface area contributed by atoms with Gasteiger partial charge >= 0.3 is 5.97 Å². The maximum Gasteiger partial charge on any atom is 0.348 e. The standard InChI is InChI=1S/C21H23N3O4S/c1-4-23(11-15-9-7-6-8-10-15)16(25)12-24-13-22-19-17(20(24)26)14(3)18(29-19)21(27)28-5-2/h6-10,13H,4-5,11-12H2,1-3H3. The molecule has 0 fully saturated rings. The van der Waals surface area contributed by atoms with E-state index < -0.39 is 5.97 Å². The van der Waals surface area contributed by atoms with Crippen LogP contribution >= 0.6 is 11.3 Å². The van der Waals surface area contributed by atoms with Gasteiger partial charge in [-0.3, -0.25) is 14.2 Å². The van der Waals surface area contributed by atoms with Gasteiger partial charge < -0.3 is 9.64 Å². The molecule has 1 aromatic carbocycles. The fourth-order valence-corrected chi connectivity index (χ4v) is 4.12. The third-order valence-corrected chi connectivity index (χ3v) is 5.81. The summed E-state index contributed by atoms with van der Waals surface area (Å²) in [7, 11) is 0. The predicted octanol–water partition coefficient (Wildman–Crippen LogP) is 2.99. The molecule has 1 amide bonds. The number of ether oxygens (including phenoxy) is 1. The molecule has 0 saturated heterocycles. The number of aryl methyl sites for hydroxylation is 1. The number of fused-ring (bicyclic) bond motifs is 1. The van der Waals surface area contributed by atoms with Crippen LogP contribution in [-0.4, -0.2) is 39.5 Å². The van der Waals surface area contributed by atoms with Crippen LogP contribution in [0.1, 0.15) is 34.6 Å². The second-order valence-electron chi connectivity index (χ2n) is 6.53. The molecular weight excluding hydrogens is 390 g/mol. The normalized spacial score (nSPS) is 10.9. The summed E-state index contributed by atoms with van der Waals surface area (Å²) in [6.45, 7) is 6.49. The summed E-state index contributed by atoms with van der Waals surface area (Å²) < 4.78 is 6.35. The molecule has 7 nitrogen and oxygen atoms in total. The summed E-state index contributed by atoms with van der Waals surface area (Å²) >= 11 is 1.13. The van der Waals surface area contributed by atoms with E-state index in [4.69, 9.17) is 4.74 Å².